The van der Waals surface area contributed by atoms with Gasteiger partial charge in [-0.15, -0.1) is 0 Å². The van der Waals surface area contributed by atoms with Gasteiger partial charge in [0.2, 0.25) is 0 Å². The number of piperazine rings is 1. The van der Waals surface area contributed by atoms with Crippen molar-refractivity contribution in [2.45, 2.75) is 33.8 Å². The molecule has 0 spiro atoms. The Hall–Kier alpha value is -3.71. The molecular formula is C30H34N6O. The van der Waals surface area contributed by atoms with Crippen LogP contribution in [0.1, 0.15) is 36.5 Å². The van der Waals surface area contributed by atoms with Crippen molar-refractivity contribution in [1.82, 2.24) is 19.4 Å². The molecule has 2 aliphatic heterocycles. The van der Waals surface area contributed by atoms with Crippen molar-refractivity contribution in [3.8, 4) is 11.4 Å². The zero-order valence-corrected chi connectivity index (χ0v) is 21.9. The van der Waals surface area contributed by atoms with Gasteiger partial charge >= 0.3 is 0 Å². The summed E-state index contributed by atoms with van der Waals surface area (Å²) in [7, 11) is 0. The van der Waals surface area contributed by atoms with E-state index in [1.165, 1.54) is 16.6 Å². The van der Waals surface area contributed by atoms with Crippen molar-refractivity contribution in [1.29, 1.82) is 0 Å². The number of nitrogens with zero attached hydrogens (tertiary/aromatic N) is 6. The molecule has 2 aromatic carbocycles. The first-order valence-corrected chi connectivity index (χ1v) is 13.3. The topological polar surface area (TPSA) is 58.8 Å². The molecule has 0 unspecified atom stereocenters. The number of aromatic nitrogens is 3. The van der Waals surface area contributed by atoms with Crippen LogP contribution in [0.25, 0.3) is 16.6 Å². The van der Waals surface area contributed by atoms with E-state index in [-0.39, 0.29) is 0 Å². The van der Waals surface area contributed by atoms with Crippen molar-refractivity contribution < 1.29 is 4.74 Å². The molecule has 0 atom stereocenters. The number of hydrogen-bond donors (Lipinski definition) is 0. The number of benzene rings is 2. The SMILES string of the molecule is CC/N=C(\C)c1ncn2c1COc1c(CCN3CCN(c4cccc5nc(C)ccc45)CC3)cccc1-2. The number of aryl methyl sites for hydroxylation is 1. The van der Waals surface area contributed by atoms with Gasteiger partial charge in [-0.1, -0.05) is 18.2 Å². The second-order valence-electron chi connectivity index (χ2n) is 9.90. The maximum absolute atomic E-state index is 6.32. The first kappa shape index (κ1) is 23.7. The Morgan fingerprint density at radius 1 is 1.00 bits per heavy atom. The predicted molar refractivity (Wildman–Crippen MR) is 149 cm³/mol. The van der Waals surface area contributed by atoms with E-state index in [1.54, 1.807) is 0 Å². The number of imidazole rings is 1. The Labute approximate surface area is 218 Å². The van der Waals surface area contributed by atoms with Gasteiger partial charge in [-0.2, -0.15) is 0 Å². The molecule has 1 saturated heterocycles. The molecule has 2 aliphatic rings. The fraction of sp³-hybridized carbons (Fsp3) is 0.367. The van der Waals surface area contributed by atoms with Gasteiger partial charge in [0.15, 0.2) is 0 Å². The molecule has 1 fully saturated rings. The minimum atomic E-state index is 0.522. The van der Waals surface area contributed by atoms with Gasteiger partial charge in [0, 0.05) is 56.0 Å². The van der Waals surface area contributed by atoms with Crippen LogP contribution in [0.3, 0.4) is 0 Å². The molecule has 2 aromatic heterocycles. The Morgan fingerprint density at radius 3 is 2.65 bits per heavy atom. The molecule has 6 rings (SSSR count). The van der Waals surface area contributed by atoms with Gasteiger partial charge in [-0.05, 0) is 63.1 Å². The maximum atomic E-state index is 6.32. The highest BCUT2D eigenvalue weighted by Gasteiger charge is 2.25. The molecule has 4 heterocycles. The summed E-state index contributed by atoms with van der Waals surface area (Å²) in [6.45, 7) is 12.6. The standard InChI is InChI=1S/C30H34N6O/c1-4-31-22(3)29-28-19-37-30-23(7-5-10-27(30)36(28)20-32-29)13-14-34-15-17-35(18-16-34)26-9-6-8-25-24(26)12-11-21(2)33-25/h5-12,20H,4,13-19H2,1-3H3/b31-22+. The summed E-state index contributed by atoms with van der Waals surface area (Å²) in [5.74, 6) is 0.987. The third-order valence-corrected chi connectivity index (χ3v) is 7.55. The third kappa shape index (κ3) is 4.48. The fourth-order valence-corrected chi connectivity index (χ4v) is 5.61. The lowest BCUT2D eigenvalue weighted by atomic mass is 10.1. The highest BCUT2D eigenvalue weighted by atomic mass is 16.5. The Morgan fingerprint density at radius 2 is 1.81 bits per heavy atom. The molecule has 190 valence electrons. The van der Waals surface area contributed by atoms with Gasteiger partial charge in [-0.3, -0.25) is 19.4 Å². The lowest BCUT2D eigenvalue weighted by molar-refractivity contribution is 0.255. The van der Waals surface area contributed by atoms with E-state index >= 15 is 0 Å². The number of fused-ring (bicyclic) bond motifs is 4. The summed E-state index contributed by atoms with van der Waals surface area (Å²) >= 11 is 0. The van der Waals surface area contributed by atoms with E-state index in [9.17, 15) is 0 Å². The van der Waals surface area contributed by atoms with Gasteiger partial charge in [0.25, 0.3) is 0 Å². The summed E-state index contributed by atoms with van der Waals surface area (Å²) in [5, 5.41) is 1.24. The van der Waals surface area contributed by atoms with Crippen LogP contribution in [0.15, 0.2) is 59.9 Å². The zero-order chi connectivity index (χ0) is 25.4. The van der Waals surface area contributed by atoms with Crippen LogP contribution in [0, 0.1) is 6.92 Å². The van der Waals surface area contributed by atoms with Crippen molar-refractivity contribution in [2.75, 3.05) is 44.2 Å². The van der Waals surface area contributed by atoms with Crippen molar-refractivity contribution in [2.24, 2.45) is 4.99 Å². The van der Waals surface area contributed by atoms with Crippen LogP contribution in [0.2, 0.25) is 0 Å². The second-order valence-corrected chi connectivity index (χ2v) is 9.90. The highest BCUT2D eigenvalue weighted by Crippen LogP contribution is 2.35. The Balaban J connectivity index is 1.13. The summed E-state index contributed by atoms with van der Waals surface area (Å²) in [6.07, 6.45) is 2.88. The molecule has 37 heavy (non-hydrogen) atoms. The summed E-state index contributed by atoms with van der Waals surface area (Å²) in [5.41, 5.74) is 8.75. The molecule has 0 radical (unpaired) electrons. The van der Waals surface area contributed by atoms with Crippen molar-refractivity contribution in [3.63, 3.8) is 0 Å². The van der Waals surface area contributed by atoms with Crippen LogP contribution in [0.4, 0.5) is 5.69 Å². The monoisotopic (exact) mass is 494 g/mol. The zero-order valence-electron chi connectivity index (χ0n) is 21.9. The summed E-state index contributed by atoms with van der Waals surface area (Å²) in [4.78, 5) is 19.0. The van der Waals surface area contributed by atoms with Gasteiger partial charge < -0.3 is 9.64 Å². The van der Waals surface area contributed by atoms with Crippen molar-refractivity contribution in [3.05, 3.63) is 77.5 Å². The van der Waals surface area contributed by atoms with Gasteiger partial charge in [-0.25, -0.2) is 4.98 Å². The van der Waals surface area contributed by atoms with Gasteiger partial charge in [0.05, 0.1) is 22.6 Å². The number of pyridine rings is 1. The average molecular weight is 495 g/mol. The minimum absolute atomic E-state index is 0.522. The molecule has 0 bridgehead atoms. The molecule has 0 saturated carbocycles. The first-order valence-electron chi connectivity index (χ1n) is 13.3. The Bertz CT molecular complexity index is 1460. The highest BCUT2D eigenvalue weighted by molar-refractivity contribution is 5.98. The van der Waals surface area contributed by atoms with Crippen molar-refractivity contribution >= 4 is 22.3 Å². The van der Waals surface area contributed by atoms with E-state index in [2.05, 4.69) is 79.8 Å². The summed E-state index contributed by atoms with van der Waals surface area (Å²) < 4.78 is 8.50. The predicted octanol–water partition coefficient (Wildman–Crippen LogP) is 4.81. The van der Waals surface area contributed by atoms with Crippen LogP contribution in [-0.4, -0.2) is 64.4 Å². The van der Waals surface area contributed by atoms with Gasteiger partial charge in [0.1, 0.15) is 24.4 Å². The Kier molecular flexibility index (Phi) is 6.38. The fourth-order valence-electron chi connectivity index (χ4n) is 5.61. The number of rotatable bonds is 6. The molecule has 0 aliphatic carbocycles. The largest absolute Gasteiger partial charge is 0.485 e. The van der Waals surface area contributed by atoms with E-state index in [0.29, 0.717) is 6.61 Å². The lowest BCUT2D eigenvalue weighted by Crippen LogP contribution is -2.47. The lowest BCUT2D eigenvalue weighted by Gasteiger charge is -2.36. The van der Waals surface area contributed by atoms with Crippen LogP contribution >= 0.6 is 0 Å². The van der Waals surface area contributed by atoms with Crippen LogP contribution in [-0.2, 0) is 13.0 Å². The number of aliphatic imine (C=N–C) groups is 1. The van der Waals surface area contributed by atoms with E-state index in [0.717, 1.165) is 85.4 Å². The molecule has 7 heteroatoms. The summed E-state index contributed by atoms with van der Waals surface area (Å²) in [6, 6.07) is 17.2. The maximum Gasteiger partial charge on any atom is 0.147 e. The molecule has 7 nitrogen and oxygen atoms in total. The number of ether oxygens (including phenoxy) is 1. The van der Waals surface area contributed by atoms with E-state index < -0.39 is 0 Å². The molecule has 0 amide bonds. The molecule has 0 N–H and O–H groups in total. The quantitative estimate of drug-likeness (QED) is 0.360. The smallest absolute Gasteiger partial charge is 0.147 e. The first-order chi connectivity index (χ1) is 18.1. The second kappa shape index (κ2) is 9.98. The van der Waals surface area contributed by atoms with E-state index in [4.69, 9.17) is 9.72 Å². The molecule has 4 aromatic rings. The average Bonchev–Trinajstić information content (AvgIpc) is 3.37. The number of para-hydroxylation sites is 1. The van der Waals surface area contributed by atoms with Crippen LogP contribution < -0.4 is 9.64 Å². The minimum Gasteiger partial charge on any atom is -0.485 e. The normalized spacial score (nSPS) is 16.0. The number of anilines is 1. The number of hydrogen-bond acceptors (Lipinski definition) is 6. The van der Waals surface area contributed by atoms with Crippen LogP contribution in [0.5, 0.6) is 5.75 Å². The van der Waals surface area contributed by atoms with E-state index in [1.807, 2.05) is 20.2 Å². The third-order valence-electron chi connectivity index (χ3n) is 7.55. The molecular weight excluding hydrogens is 460 g/mol.